The topological polar surface area (TPSA) is 123 Å². The van der Waals surface area contributed by atoms with Gasteiger partial charge in [0.25, 0.3) is 5.91 Å². The number of anilines is 3. The van der Waals surface area contributed by atoms with E-state index in [9.17, 15) is 27.6 Å². The van der Waals surface area contributed by atoms with Crippen LogP contribution in [0.5, 0.6) is 0 Å². The first-order valence-electron chi connectivity index (χ1n) is 14.4. The maximum atomic E-state index is 13.8. The number of rotatable bonds is 9. The van der Waals surface area contributed by atoms with E-state index in [0.717, 1.165) is 6.20 Å². The number of nitrogens with one attached hydrogen (secondary N) is 3. The van der Waals surface area contributed by atoms with Gasteiger partial charge in [-0.3, -0.25) is 19.3 Å². The summed E-state index contributed by atoms with van der Waals surface area (Å²) in [7, 11) is 3.42. The molecule has 0 spiro atoms. The lowest BCUT2D eigenvalue weighted by atomic mass is 10.0. The lowest BCUT2D eigenvalue weighted by Gasteiger charge is -2.34. The van der Waals surface area contributed by atoms with E-state index in [4.69, 9.17) is 0 Å². The molecule has 234 valence electrons. The SMILES string of the molecule is CC(C)NC(=O)[C@H]1CCC[C@H]1Nc1nc(Nc2ccc(C(=O)N3CCN(CC(=O)N(C)C)CC3)cc2)ncc1C(F)(F)F. The Morgan fingerprint density at radius 1 is 1.05 bits per heavy atom. The van der Waals surface area contributed by atoms with Crippen molar-refractivity contribution < 1.29 is 27.6 Å². The van der Waals surface area contributed by atoms with E-state index in [-0.39, 0.29) is 29.7 Å². The van der Waals surface area contributed by atoms with Crippen LogP contribution in [0.25, 0.3) is 0 Å². The Hall–Kier alpha value is -3.94. The van der Waals surface area contributed by atoms with E-state index in [0.29, 0.717) is 63.2 Å². The number of alkyl halides is 3. The van der Waals surface area contributed by atoms with Crippen LogP contribution in [0.1, 0.15) is 49.0 Å². The fourth-order valence-electron chi connectivity index (χ4n) is 5.22. The van der Waals surface area contributed by atoms with Crippen molar-refractivity contribution in [3.8, 4) is 0 Å². The van der Waals surface area contributed by atoms with Crippen molar-refractivity contribution in [1.82, 2.24) is 30.0 Å². The average molecular weight is 605 g/mol. The first kappa shape index (κ1) is 32.0. The molecule has 2 aliphatic rings. The fourth-order valence-corrected chi connectivity index (χ4v) is 5.22. The van der Waals surface area contributed by atoms with E-state index in [1.165, 1.54) is 0 Å². The van der Waals surface area contributed by atoms with Crippen LogP contribution in [0.4, 0.5) is 30.6 Å². The summed E-state index contributed by atoms with van der Waals surface area (Å²) in [5, 5.41) is 8.64. The van der Waals surface area contributed by atoms with Gasteiger partial charge in [0, 0.05) is 69.8 Å². The van der Waals surface area contributed by atoms with Gasteiger partial charge in [0.15, 0.2) is 0 Å². The number of amides is 3. The number of carbonyl (C=O) groups excluding carboxylic acids is 3. The second kappa shape index (κ2) is 13.6. The molecule has 0 radical (unpaired) electrons. The summed E-state index contributed by atoms with van der Waals surface area (Å²) in [6.45, 7) is 6.16. The molecule has 1 aromatic carbocycles. The molecule has 3 N–H and O–H groups in total. The number of hydrogen-bond donors (Lipinski definition) is 3. The number of aromatic nitrogens is 2. The third kappa shape index (κ3) is 8.33. The Morgan fingerprint density at radius 2 is 1.72 bits per heavy atom. The van der Waals surface area contributed by atoms with Gasteiger partial charge in [-0.25, -0.2) is 4.98 Å². The van der Waals surface area contributed by atoms with Crippen molar-refractivity contribution in [2.75, 3.05) is 57.5 Å². The van der Waals surface area contributed by atoms with Crippen LogP contribution >= 0.6 is 0 Å². The summed E-state index contributed by atoms with van der Waals surface area (Å²) in [6.07, 6.45) is -2.14. The molecule has 3 amide bonds. The van der Waals surface area contributed by atoms with Crippen molar-refractivity contribution in [3.05, 3.63) is 41.6 Å². The minimum Gasteiger partial charge on any atom is -0.366 e. The zero-order valence-corrected chi connectivity index (χ0v) is 24.9. The van der Waals surface area contributed by atoms with Gasteiger partial charge in [-0.05, 0) is 51.0 Å². The molecule has 11 nitrogen and oxygen atoms in total. The molecule has 1 saturated carbocycles. The minimum atomic E-state index is -4.69. The van der Waals surface area contributed by atoms with E-state index in [1.807, 2.05) is 18.7 Å². The molecule has 1 aliphatic carbocycles. The highest BCUT2D eigenvalue weighted by molar-refractivity contribution is 5.94. The molecular weight excluding hydrogens is 565 g/mol. The minimum absolute atomic E-state index is 0.0135. The number of likely N-dealkylation sites (N-methyl/N-ethyl adjacent to an activating group) is 1. The van der Waals surface area contributed by atoms with E-state index in [2.05, 4.69) is 25.9 Å². The molecule has 2 atom stereocenters. The molecule has 2 fully saturated rings. The molecule has 1 saturated heterocycles. The highest BCUT2D eigenvalue weighted by Crippen LogP contribution is 2.36. The Morgan fingerprint density at radius 3 is 2.33 bits per heavy atom. The first-order valence-corrected chi connectivity index (χ1v) is 14.4. The van der Waals surface area contributed by atoms with E-state index >= 15 is 0 Å². The summed E-state index contributed by atoms with van der Waals surface area (Å²) >= 11 is 0. The van der Waals surface area contributed by atoms with E-state index < -0.39 is 29.5 Å². The predicted octanol–water partition coefficient (Wildman–Crippen LogP) is 3.19. The van der Waals surface area contributed by atoms with Crippen molar-refractivity contribution in [1.29, 1.82) is 0 Å². The van der Waals surface area contributed by atoms with Gasteiger partial charge in [0.1, 0.15) is 11.4 Å². The van der Waals surface area contributed by atoms with Gasteiger partial charge in [0.05, 0.1) is 12.5 Å². The van der Waals surface area contributed by atoms with Gasteiger partial charge in [-0.1, -0.05) is 6.42 Å². The summed E-state index contributed by atoms with van der Waals surface area (Å²) in [4.78, 5) is 50.9. The normalized spacial score (nSPS) is 19.3. The average Bonchev–Trinajstić information content (AvgIpc) is 3.41. The fraction of sp³-hybridized carbons (Fsp3) is 0.552. The summed E-state index contributed by atoms with van der Waals surface area (Å²) in [5.74, 6) is -1.24. The molecule has 14 heteroatoms. The molecule has 43 heavy (non-hydrogen) atoms. The smallest absolute Gasteiger partial charge is 0.366 e. The molecule has 2 heterocycles. The zero-order chi connectivity index (χ0) is 31.3. The third-order valence-electron chi connectivity index (χ3n) is 7.61. The van der Waals surface area contributed by atoms with Crippen LogP contribution in [0.2, 0.25) is 0 Å². The van der Waals surface area contributed by atoms with Gasteiger partial charge in [-0.2, -0.15) is 18.2 Å². The number of benzene rings is 1. The third-order valence-corrected chi connectivity index (χ3v) is 7.61. The zero-order valence-electron chi connectivity index (χ0n) is 24.9. The molecule has 4 rings (SSSR count). The molecule has 2 aromatic rings. The Balaban J connectivity index is 1.41. The van der Waals surface area contributed by atoms with Crippen LogP contribution in [-0.4, -0.2) is 101 Å². The number of halogens is 3. The lowest BCUT2D eigenvalue weighted by Crippen LogP contribution is -2.51. The van der Waals surface area contributed by atoms with Crippen LogP contribution in [0, 0.1) is 5.92 Å². The maximum Gasteiger partial charge on any atom is 0.421 e. The Labute approximate surface area is 249 Å². The standard InChI is InChI=1S/C29H39F3N8O3/c1-18(2)34-26(42)21-6-5-7-23(21)36-25-22(29(30,31)32)16-33-28(37-25)35-20-10-8-19(9-11-20)27(43)40-14-12-39(13-15-40)17-24(41)38(3)4/h8-11,16,18,21,23H,5-7,12-15,17H2,1-4H3,(H,34,42)(H2,33,35,36,37)/t21-,23+/m0/s1. The maximum absolute atomic E-state index is 13.8. The van der Waals surface area contributed by atoms with Gasteiger partial charge >= 0.3 is 6.18 Å². The van der Waals surface area contributed by atoms with Crippen LogP contribution < -0.4 is 16.0 Å². The largest absolute Gasteiger partial charge is 0.421 e. The second-order valence-corrected chi connectivity index (χ2v) is 11.5. The molecule has 0 bridgehead atoms. The number of piperazine rings is 1. The molecule has 0 unspecified atom stereocenters. The highest BCUT2D eigenvalue weighted by atomic mass is 19.4. The monoisotopic (exact) mass is 604 g/mol. The number of nitrogens with zero attached hydrogens (tertiary/aromatic N) is 5. The van der Waals surface area contributed by atoms with Crippen LogP contribution in [-0.2, 0) is 15.8 Å². The second-order valence-electron chi connectivity index (χ2n) is 11.5. The van der Waals surface area contributed by atoms with Crippen molar-refractivity contribution in [2.45, 2.75) is 51.4 Å². The van der Waals surface area contributed by atoms with Crippen LogP contribution in [0.15, 0.2) is 30.5 Å². The highest BCUT2D eigenvalue weighted by Gasteiger charge is 2.39. The van der Waals surface area contributed by atoms with Crippen molar-refractivity contribution in [2.24, 2.45) is 5.92 Å². The molecular formula is C29H39F3N8O3. The predicted molar refractivity (Wildman–Crippen MR) is 156 cm³/mol. The van der Waals surface area contributed by atoms with E-state index in [1.54, 1.807) is 48.2 Å². The molecule has 1 aromatic heterocycles. The Kier molecular flexibility index (Phi) is 10.1. The molecule has 1 aliphatic heterocycles. The van der Waals surface area contributed by atoms with Crippen molar-refractivity contribution >= 4 is 35.2 Å². The summed E-state index contributed by atoms with van der Waals surface area (Å²) < 4.78 is 41.4. The number of carbonyl (C=O) groups is 3. The summed E-state index contributed by atoms with van der Waals surface area (Å²) in [6, 6.07) is 5.96. The lowest BCUT2D eigenvalue weighted by molar-refractivity contribution is -0.137. The quantitative estimate of drug-likeness (QED) is 0.399. The van der Waals surface area contributed by atoms with Crippen LogP contribution in [0.3, 0.4) is 0 Å². The van der Waals surface area contributed by atoms with Gasteiger partial charge in [-0.15, -0.1) is 0 Å². The van der Waals surface area contributed by atoms with Gasteiger partial charge in [0.2, 0.25) is 17.8 Å². The van der Waals surface area contributed by atoms with Crippen molar-refractivity contribution in [3.63, 3.8) is 0 Å². The first-order chi connectivity index (χ1) is 20.3. The summed E-state index contributed by atoms with van der Waals surface area (Å²) in [5.41, 5.74) is -0.0598. The Bertz CT molecular complexity index is 1290. The number of hydrogen-bond acceptors (Lipinski definition) is 8. The van der Waals surface area contributed by atoms with Gasteiger partial charge < -0.3 is 25.8 Å².